The molecule has 0 amide bonds. The Morgan fingerprint density at radius 2 is 1.04 bits per heavy atom. The van der Waals surface area contributed by atoms with E-state index in [1.807, 2.05) is 134 Å². The van der Waals surface area contributed by atoms with E-state index in [9.17, 15) is 0 Å². The molecule has 0 atom stereocenters. The minimum Gasteiger partial charge on any atom is -0.456 e. The van der Waals surface area contributed by atoms with E-state index in [0.717, 1.165) is 65.2 Å². The van der Waals surface area contributed by atoms with Crippen LogP contribution in [0.15, 0.2) is 178 Å². The number of furan rings is 1. The summed E-state index contributed by atoms with van der Waals surface area (Å²) in [5.41, 5.74) is 7.00. The van der Waals surface area contributed by atoms with Gasteiger partial charge in [0, 0.05) is 49.7 Å². The number of nitrogens with zero attached hydrogens (tertiary/aromatic N) is 5. The summed E-state index contributed by atoms with van der Waals surface area (Å²) < 4.78 is 6.40. The third kappa shape index (κ3) is 5.70. The SMILES string of the molecule is c1ccc(Sc2cnc(-c3ccc4oc5cccc(-c6nc(-c7ccccc7)nc(-c7ccccc7)n6)c5c4c3)nc2-c2ccccc2)cc1. The maximum absolute atomic E-state index is 6.40. The Labute approximate surface area is 292 Å². The molecule has 0 fully saturated rings. The Morgan fingerprint density at radius 1 is 0.440 bits per heavy atom. The number of fused-ring (bicyclic) bond motifs is 3. The average molecular weight is 662 g/mol. The first-order valence-electron chi connectivity index (χ1n) is 16.3. The minimum atomic E-state index is 0.571. The van der Waals surface area contributed by atoms with Gasteiger partial charge in [-0.15, -0.1) is 0 Å². The highest BCUT2D eigenvalue weighted by molar-refractivity contribution is 7.99. The van der Waals surface area contributed by atoms with E-state index in [0.29, 0.717) is 23.3 Å². The zero-order valence-corrected chi connectivity index (χ0v) is 27.5. The Kier molecular flexibility index (Phi) is 7.64. The van der Waals surface area contributed by atoms with E-state index in [2.05, 4.69) is 30.3 Å². The monoisotopic (exact) mass is 661 g/mol. The van der Waals surface area contributed by atoms with Crippen LogP contribution in [0.25, 0.3) is 78.7 Å². The van der Waals surface area contributed by atoms with Crippen molar-refractivity contribution in [2.75, 3.05) is 0 Å². The van der Waals surface area contributed by atoms with Crippen molar-refractivity contribution in [3.63, 3.8) is 0 Å². The van der Waals surface area contributed by atoms with E-state index in [-0.39, 0.29) is 0 Å². The fraction of sp³-hybridized carbons (Fsp3) is 0. The van der Waals surface area contributed by atoms with Crippen LogP contribution in [0.5, 0.6) is 0 Å². The van der Waals surface area contributed by atoms with Gasteiger partial charge in [-0.25, -0.2) is 24.9 Å². The van der Waals surface area contributed by atoms with Gasteiger partial charge in [0.05, 0.1) is 10.6 Å². The van der Waals surface area contributed by atoms with Crippen LogP contribution in [0.3, 0.4) is 0 Å². The quantitative estimate of drug-likeness (QED) is 0.168. The van der Waals surface area contributed by atoms with Gasteiger partial charge in [0.15, 0.2) is 23.3 Å². The number of hydrogen-bond acceptors (Lipinski definition) is 7. The molecule has 0 spiro atoms. The van der Waals surface area contributed by atoms with Crippen molar-refractivity contribution in [1.82, 2.24) is 24.9 Å². The van der Waals surface area contributed by atoms with Crippen LogP contribution < -0.4 is 0 Å². The summed E-state index contributed by atoms with van der Waals surface area (Å²) in [5, 5.41) is 1.86. The minimum absolute atomic E-state index is 0.571. The topological polar surface area (TPSA) is 77.6 Å². The van der Waals surface area contributed by atoms with Crippen LogP contribution in [0, 0.1) is 0 Å². The summed E-state index contributed by atoms with van der Waals surface area (Å²) in [6, 6.07) is 52.7. The van der Waals surface area contributed by atoms with Crippen molar-refractivity contribution in [2.24, 2.45) is 0 Å². The van der Waals surface area contributed by atoms with Crippen molar-refractivity contribution in [3.8, 4) is 56.8 Å². The molecule has 6 aromatic carbocycles. The molecule has 50 heavy (non-hydrogen) atoms. The molecule has 0 saturated heterocycles. The molecule has 0 aliphatic rings. The van der Waals surface area contributed by atoms with E-state index in [1.165, 1.54) is 0 Å². The molecular formula is C43H27N5OS. The standard InChI is InChI=1S/C43H27N5OS/c1-5-14-28(15-6-1)39-37(50-32-20-11-4-12-21-32)27-44-40(45-39)31-24-25-35-34(26-31)38-33(22-13-23-36(38)49-35)43-47-41(29-16-7-2-8-17-29)46-42(48-43)30-18-9-3-10-19-30/h1-27H. The largest absolute Gasteiger partial charge is 0.456 e. The Balaban J connectivity index is 1.20. The van der Waals surface area contributed by atoms with Gasteiger partial charge in [0.25, 0.3) is 0 Å². The lowest BCUT2D eigenvalue weighted by molar-refractivity contribution is 0.669. The van der Waals surface area contributed by atoms with Crippen LogP contribution in [-0.4, -0.2) is 24.9 Å². The van der Waals surface area contributed by atoms with Gasteiger partial charge in [-0.3, -0.25) is 0 Å². The highest BCUT2D eigenvalue weighted by Crippen LogP contribution is 2.39. The van der Waals surface area contributed by atoms with Crippen molar-refractivity contribution in [3.05, 3.63) is 164 Å². The van der Waals surface area contributed by atoms with E-state index in [1.54, 1.807) is 11.8 Å². The molecule has 0 bridgehead atoms. The Bertz CT molecular complexity index is 2550. The lowest BCUT2D eigenvalue weighted by Crippen LogP contribution is -2.00. The van der Waals surface area contributed by atoms with Crippen LogP contribution >= 0.6 is 11.8 Å². The molecule has 0 N–H and O–H groups in total. The van der Waals surface area contributed by atoms with Crippen LogP contribution in [-0.2, 0) is 0 Å². The Hall–Kier alpha value is -6.44. The first-order chi connectivity index (χ1) is 24.8. The number of rotatable bonds is 7. The third-order valence-corrected chi connectivity index (χ3v) is 9.49. The van der Waals surface area contributed by atoms with Gasteiger partial charge in [0.1, 0.15) is 11.2 Å². The molecule has 0 aliphatic heterocycles. The van der Waals surface area contributed by atoms with Gasteiger partial charge in [-0.1, -0.05) is 133 Å². The summed E-state index contributed by atoms with van der Waals surface area (Å²) in [5.74, 6) is 2.42. The van der Waals surface area contributed by atoms with Crippen molar-refractivity contribution in [2.45, 2.75) is 9.79 Å². The molecule has 236 valence electrons. The van der Waals surface area contributed by atoms with E-state index >= 15 is 0 Å². The fourth-order valence-electron chi connectivity index (χ4n) is 6.08. The zero-order valence-electron chi connectivity index (χ0n) is 26.6. The zero-order chi connectivity index (χ0) is 33.3. The average Bonchev–Trinajstić information content (AvgIpc) is 3.58. The van der Waals surface area contributed by atoms with Gasteiger partial charge in [-0.05, 0) is 36.4 Å². The van der Waals surface area contributed by atoms with E-state index in [4.69, 9.17) is 29.3 Å². The molecule has 9 rings (SSSR count). The molecule has 9 aromatic rings. The smallest absolute Gasteiger partial charge is 0.164 e. The van der Waals surface area contributed by atoms with Crippen LogP contribution in [0.4, 0.5) is 0 Å². The van der Waals surface area contributed by atoms with Crippen molar-refractivity contribution >= 4 is 33.7 Å². The lowest BCUT2D eigenvalue weighted by atomic mass is 10.0. The summed E-state index contributed by atoms with van der Waals surface area (Å²) in [6.07, 6.45) is 1.92. The molecule has 0 saturated carbocycles. The molecular weight excluding hydrogens is 635 g/mol. The summed E-state index contributed by atoms with van der Waals surface area (Å²) in [7, 11) is 0. The fourth-order valence-corrected chi connectivity index (χ4v) is 7.00. The molecule has 6 nitrogen and oxygen atoms in total. The predicted molar refractivity (Wildman–Crippen MR) is 200 cm³/mol. The van der Waals surface area contributed by atoms with Crippen LogP contribution in [0.1, 0.15) is 0 Å². The summed E-state index contributed by atoms with van der Waals surface area (Å²) >= 11 is 1.66. The first kappa shape index (κ1) is 29.7. The second kappa shape index (κ2) is 12.9. The number of aromatic nitrogens is 5. The van der Waals surface area contributed by atoms with Gasteiger partial charge in [-0.2, -0.15) is 0 Å². The molecule has 0 radical (unpaired) electrons. The predicted octanol–water partition coefficient (Wildman–Crippen LogP) is 11.0. The number of benzene rings is 6. The maximum Gasteiger partial charge on any atom is 0.164 e. The van der Waals surface area contributed by atoms with Crippen molar-refractivity contribution in [1.29, 1.82) is 0 Å². The lowest BCUT2D eigenvalue weighted by Gasteiger charge is -2.11. The second-order valence-electron chi connectivity index (χ2n) is 11.7. The molecule has 7 heteroatoms. The number of hydrogen-bond donors (Lipinski definition) is 0. The maximum atomic E-state index is 6.40. The summed E-state index contributed by atoms with van der Waals surface area (Å²) in [4.78, 5) is 27.1. The molecule has 3 heterocycles. The molecule has 0 unspecified atom stereocenters. The third-order valence-electron chi connectivity index (χ3n) is 8.47. The van der Waals surface area contributed by atoms with Gasteiger partial charge in [0.2, 0.25) is 0 Å². The van der Waals surface area contributed by atoms with Gasteiger partial charge < -0.3 is 4.42 Å². The van der Waals surface area contributed by atoms with E-state index < -0.39 is 0 Å². The Morgan fingerprint density at radius 3 is 1.70 bits per heavy atom. The highest BCUT2D eigenvalue weighted by atomic mass is 32.2. The van der Waals surface area contributed by atoms with Gasteiger partial charge >= 0.3 is 0 Å². The second-order valence-corrected chi connectivity index (χ2v) is 12.8. The first-order valence-corrected chi connectivity index (χ1v) is 17.1. The normalized spacial score (nSPS) is 11.3. The molecule has 3 aromatic heterocycles. The highest BCUT2D eigenvalue weighted by Gasteiger charge is 2.19. The van der Waals surface area contributed by atoms with Crippen molar-refractivity contribution < 1.29 is 4.42 Å². The summed E-state index contributed by atoms with van der Waals surface area (Å²) in [6.45, 7) is 0. The molecule has 0 aliphatic carbocycles. The van der Waals surface area contributed by atoms with Crippen LogP contribution in [0.2, 0.25) is 0 Å².